The largest absolute Gasteiger partial charge is 0.377 e. The van der Waals surface area contributed by atoms with E-state index in [1.165, 1.54) is 16.7 Å². The molecule has 2 heterocycles. The number of hydrogen-bond donors (Lipinski definition) is 1. The van der Waals surface area contributed by atoms with Crippen molar-refractivity contribution in [2.24, 2.45) is 0 Å². The van der Waals surface area contributed by atoms with Crippen molar-refractivity contribution in [1.82, 2.24) is 9.78 Å². The molecule has 26 heavy (non-hydrogen) atoms. The molecule has 0 spiro atoms. The molecule has 1 atom stereocenters. The highest BCUT2D eigenvalue weighted by Crippen LogP contribution is 2.29. The summed E-state index contributed by atoms with van der Waals surface area (Å²) in [5, 5.41) is 16.2. The first-order valence-electron chi connectivity index (χ1n) is 9.31. The van der Waals surface area contributed by atoms with E-state index in [0.717, 1.165) is 47.8 Å². The van der Waals surface area contributed by atoms with Gasteiger partial charge in [-0.1, -0.05) is 46.6 Å². The lowest BCUT2D eigenvalue weighted by molar-refractivity contribution is -0.701. The summed E-state index contributed by atoms with van der Waals surface area (Å²) in [5.74, 6) is 1.92. The first-order valence-corrected chi connectivity index (χ1v) is 9.31. The fourth-order valence-electron chi connectivity index (χ4n) is 4.26. The molecule has 4 nitrogen and oxygen atoms in total. The summed E-state index contributed by atoms with van der Waals surface area (Å²) in [6, 6.07) is 12.4. The van der Waals surface area contributed by atoms with E-state index in [4.69, 9.17) is 5.10 Å². The van der Waals surface area contributed by atoms with Crippen LogP contribution in [0.15, 0.2) is 36.4 Å². The van der Waals surface area contributed by atoms with Gasteiger partial charge in [-0.25, -0.2) is 4.57 Å². The Kier molecular flexibility index (Phi) is 4.16. The van der Waals surface area contributed by atoms with Gasteiger partial charge in [-0.3, -0.25) is 0 Å². The fourth-order valence-corrected chi connectivity index (χ4v) is 4.26. The third-order valence-corrected chi connectivity index (χ3v) is 5.38. The molecule has 4 heteroatoms. The van der Waals surface area contributed by atoms with Gasteiger partial charge >= 0.3 is 0 Å². The summed E-state index contributed by atoms with van der Waals surface area (Å²) in [4.78, 5) is 0. The molecule has 134 valence electrons. The molecule has 0 bridgehead atoms. The maximum Gasteiger partial charge on any atom is 0.278 e. The van der Waals surface area contributed by atoms with Crippen LogP contribution in [0.1, 0.15) is 52.0 Å². The number of aryl methyl sites for hydroxylation is 5. The zero-order valence-corrected chi connectivity index (χ0v) is 16.0. The molecule has 0 saturated heterocycles. The maximum atomic E-state index is 11.3. The van der Waals surface area contributed by atoms with Crippen molar-refractivity contribution in [1.29, 1.82) is 0 Å². The Morgan fingerprint density at radius 1 is 1.04 bits per heavy atom. The molecule has 0 aliphatic carbocycles. The summed E-state index contributed by atoms with van der Waals surface area (Å²) in [6.45, 7) is 9.32. The van der Waals surface area contributed by atoms with E-state index < -0.39 is 6.10 Å². The van der Waals surface area contributed by atoms with Crippen molar-refractivity contribution >= 4 is 0 Å². The lowest BCUT2D eigenvalue weighted by Gasteiger charge is -2.14. The highest BCUT2D eigenvalue weighted by Gasteiger charge is 2.36. The Morgan fingerprint density at radius 3 is 2.42 bits per heavy atom. The van der Waals surface area contributed by atoms with Gasteiger partial charge in [0.25, 0.3) is 11.6 Å². The van der Waals surface area contributed by atoms with Crippen LogP contribution in [-0.2, 0) is 13.0 Å². The maximum absolute atomic E-state index is 11.3. The van der Waals surface area contributed by atoms with E-state index in [0.29, 0.717) is 0 Å². The van der Waals surface area contributed by atoms with Crippen molar-refractivity contribution < 1.29 is 9.67 Å². The van der Waals surface area contributed by atoms with Crippen LogP contribution in [0, 0.1) is 27.7 Å². The molecule has 0 amide bonds. The Hall–Kier alpha value is -2.46. The van der Waals surface area contributed by atoms with Crippen LogP contribution in [0.25, 0.3) is 5.69 Å². The van der Waals surface area contributed by atoms with Gasteiger partial charge in [0.2, 0.25) is 0 Å². The molecule has 1 N–H and O–H groups in total. The van der Waals surface area contributed by atoms with Gasteiger partial charge in [0.05, 0.1) is 6.54 Å². The van der Waals surface area contributed by atoms with Crippen LogP contribution in [-0.4, -0.2) is 14.9 Å². The Labute approximate surface area is 154 Å². The third-order valence-electron chi connectivity index (χ3n) is 5.38. The topological polar surface area (TPSA) is 41.9 Å². The van der Waals surface area contributed by atoms with Crippen LogP contribution in [0.2, 0.25) is 0 Å². The normalized spacial score (nSPS) is 14.5. The molecular formula is C22H26N3O+. The van der Waals surface area contributed by atoms with Crippen LogP contribution in [0.5, 0.6) is 0 Å². The molecule has 1 unspecified atom stereocenters. The predicted octanol–water partition coefficient (Wildman–Crippen LogP) is 3.42. The minimum atomic E-state index is -0.698. The number of nitrogens with zero attached hydrogens (tertiary/aromatic N) is 3. The monoisotopic (exact) mass is 348 g/mol. The summed E-state index contributed by atoms with van der Waals surface area (Å²) in [5.41, 5.74) is 6.73. The molecule has 3 aromatic rings. The van der Waals surface area contributed by atoms with Crippen LogP contribution in [0.3, 0.4) is 0 Å². The number of aliphatic hydroxyl groups is 1. The summed E-state index contributed by atoms with van der Waals surface area (Å²) in [7, 11) is 0. The van der Waals surface area contributed by atoms with Gasteiger partial charge in [-0.05, 0) is 56.4 Å². The average molecular weight is 348 g/mol. The smallest absolute Gasteiger partial charge is 0.278 e. The molecule has 0 fully saturated rings. The average Bonchev–Trinajstić information content (AvgIpc) is 3.14. The molecule has 0 radical (unpaired) electrons. The van der Waals surface area contributed by atoms with E-state index in [1.807, 2.05) is 35.9 Å². The van der Waals surface area contributed by atoms with E-state index in [1.54, 1.807) is 0 Å². The van der Waals surface area contributed by atoms with Crippen LogP contribution in [0.4, 0.5) is 0 Å². The Morgan fingerprint density at radius 2 is 1.73 bits per heavy atom. The lowest BCUT2D eigenvalue weighted by atomic mass is 10.0. The van der Waals surface area contributed by atoms with Gasteiger partial charge < -0.3 is 5.11 Å². The molecular weight excluding hydrogens is 322 g/mol. The minimum Gasteiger partial charge on any atom is -0.377 e. The van der Waals surface area contributed by atoms with Gasteiger partial charge in [-0.2, -0.15) is 0 Å². The van der Waals surface area contributed by atoms with Gasteiger partial charge in [0.15, 0.2) is 6.10 Å². The number of hydrogen-bond acceptors (Lipinski definition) is 2. The SMILES string of the molecule is Cc1cc(C)c(-n2nc3[n+](c2C(O)c2ccccc2C)CCC3)c(C)c1. The Balaban J connectivity index is 1.95. The van der Waals surface area contributed by atoms with Crippen molar-refractivity contribution in [3.63, 3.8) is 0 Å². The highest BCUT2D eigenvalue weighted by molar-refractivity contribution is 5.49. The number of aliphatic hydroxyl groups excluding tert-OH is 1. The van der Waals surface area contributed by atoms with Crippen LogP contribution < -0.4 is 4.57 Å². The molecule has 1 aliphatic rings. The van der Waals surface area contributed by atoms with E-state index in [2.05, 4.69) is 37.5 Å². The van der Waals surface area contributed by atoms with E-state index >= 15 is 0 Å². The number of benzene rings is 2. The first-order chi connectivity index (χ1) is 12.5. The number of fused-ring (bicyclic) bond motifs is 1. The van der Waals surface area contributed by atoms with Gasteiger partial charge in [-0.15, -0.1) is 0 Å². The molecule has 2 aromatic carbocycles. The molecule has 4 rings (SSSR count). The molecule has 0 saturated carbocycles. The van der Waals surface area contributed by atoms with Crippen molar-refractivity contribution in [2.75, 3.05) is 0 Å². The quantitative estimate of drug-likeness (QED) is 0.737. The zero-order chi connectivity index (χ0) is 18.4. The fraction of sp³-hybridized carbons (Fsp3) is 0.364. The minimum absolute atomic E-state index is 0.698. The number of aromatic nitrogens is 3. The van der Waals surface area contributed by atoms with Crippen molar-refractivity contribution in [3.8, 4) is 5.69 Å². The van der Waals surface area contributed by atoms with Gasteiger partial charge in [0.1, 0.15) is 5.69 Å². The number of rotatable bonds is 3. The lowest BCUT2D eigenvalue weighted by Crippen LogP contribution is -2.38. The van der Waals surface area contributed by atoms with E-state index in [9.17, 15) is 5.11 Å². The van der Waals surface area contributed by atoms with Crippen molar-refractivity contribution in [2.45, 2.75) is 53.2 Å². The molecule has 1 aromatic heterocycles. The second-order valence-corrected chi connectivity index (χ2v) is 7.45. The zero-order valence-electron chi connectivity index (χ0n) is 16.0. The van der Waals surface area contributed by atoms with Crippen LogP contribution >= 0.6 is 0 Å². The van der Waals surface area contributed by atoms with Gasteiger partial charge in [0, 0.05) is 11.5 Å². The standard InChI is InChI=1S/C22H26N3O/c1-14-12-16(3)20(17(4)13-14)25-22(24-11-7-10-19(24)23-25)21(26)18-9-6-5-8-15(18)2/h5-6,8-9,12-13,21,26H,7,10-11H2,1-4H3/q+1. The first kappa shape index (κ1) is 17.0. The second kappa shape index (κ2) is 6.36. The predicted molar refractivity (Wildman–Crippen MR) is 102 cm³/mol. The van der Waals surface area contributed by atoms with E-state index in [-0.39, 0.29) is 0 Å². The second-order valence-electron chi connectivity index (χ2n) is 7.45. The summed E-state index contributed by atoms with van der Waals surface area (Å²) in [6.07, 6.45) is 1.35. The molecule has 1 aliphatic heterocycles. The summed E-state index contributed by atoms with van der Waals surface area (Å²) < 4.78 is 4.19. The van der Waals surface area contributed by atoms with Crippen molar-refractivity contribution in [3.05, 3.63) is 75.9 Å². The summed E-state index contributed by atoms with van der Waals surface area (Å²) >= 11 is 0. The highest BCUT2D eigenvalue weighted by atomic mass is 16.3. The Bertz CT molecular complexity index is 964. The third kappa shape index (κ3) is 2.65.